The van der Waals surface area contributed by atoms with E-state index in [4.69, 9.17) is 5.11 Å². The van der Waals surface area contributed by atoms with Crippen LogP contribution >= 0.6 is 0 Å². The summed E-state index contributed by atoms with van der Waals surface area (Å²) in [5.41, 5.74) is 0. The highest BCUT2D eigenvalue weighted by Gasteiger charge is 2.33. The SMILES string of the molecule is O=C(CN1C(=O)CNC1=O)N1CCC(CCO)C1. The van der Waals surface area contributed by atoms with E-state index in [9.17, 15) is 14.4 Å². The molecule has 0 radical (unpaired) electrons. The number of carbonyl (C=O) groups excluding carboxylic acids is 3. The first-order valence-electron chi connectivity index (χ1n) is 6.08. The van der Waals surface area contributed by atoms with Gasteiger partial charge in [-0.3, -0.25) is 14.5 Å². The van der Waals surface area contributed by atoms with Crippen molar-refractivity contribution in [3.63, 3.8) is 0 Å². The van der Waals surface area contributed by atoms with E-state index in [1.807, 2.05) is 0 Å². The number of amides is 4. The molecule has 2 aliphatic heterocycles. The quantitative estimate of drug-likeness (QED) is 0.615. The average molecular weight is 255 g/mol. The first kappa shape index (κ1) is 12.8. The van der Waals surface area contributed by atoms with Gasteiger partial charge in [0.15, 0.2) is 0 Å². The molecule has 1 unspecified atom stereocenters. The number of urea groups is 1. The molecule has 18 heavy (non-hydrogen) atoms. The highest BCUT2D eigenvalue weighted by Crippen LogP contribution is 2.19. The van der Waals surface area contributed by atoms with Crippen molar-refractivity contribution in [2.45, 2.75) is 12.8 Å². The second-order valence-electron chi connectivity index (χ2n) is 4.65. The molecule has 0 bridgehead atoms. The molecule has 0 saturated carbocycles. The van der Waals surface area contributed by atoms with Crippen LogP contribution in [0.5, 0.6) is 0 Å². The topological polar surface area (TPSA) is 90.0 Å². The summed E-state index contributed by atoms with van der Waals surface area (Å²) >= 11 is 0. The zero-order chi connectivity index (χ0) is 13.1. The molecular weight excluding hydrogens is 238 g/mol. The van der Waals surface area contributed by atoms with Crippen molar-refractivity contribution in [3.05, 3.63) is 0 Å². The van der Waals surface area contributed by atoms with Crippen LogP contribution in [0.4, 0.5) is 4.79 Å². The lowest BCUT2D eigenvalue weighted by atomic mass is 10.1. The van der Waals surface area contributed by atoms with Gasteiger partial charge in [-0.25, -0.2) is 4.79 Å². The Hall–Kier alpha value is -1.63. The molecule has 2 heterocycles. The molecule has 7 heteroatoms. The second-order valence-corrected chi connectivity index (χ2v) is 4.65. The standard InChI is InChI=1S/C11H17N3O4/c15-4-2-8-1-3-13(6-8)10(17)7-14-9(16)5-12-11(14)18/h8,15H,1-7H2,(H,12,18). The van der Waals surface area contributed by atoms with Crippen LogP contribution in [0.15, 0.2) is 0 Å². The largest absolute Gasteiger partial charge is 0.396 e. The van der Waals surface area contributed by atoms with Gasteiger partial charge in [-0.2, -0.15) is 0 Å². The van der Waals surface area contributed by atoms with Crippen molar-refractivity contribution in [2.75, 3.05) is 32.8 Å². The van der Waals surface area contributed by atoms with E-state index >= 15 is 0 Å². The number of nitrogens with zero attached hydrogens (tertiary/aromatic N) is 2. The van der Waals surface area contributed by atoms with Gasteiger partial charge in [0.1, 0.15) is 6.54 Å². The molecule has 0 aromatic carbocycles. The summed E-state index contributed by atoms with van der Waals surface area (Å²) < 4.78 is 0. The Morgan fingerprint density at radius 2 is 2.22 bits per heavy atom. The molecule has 4 amide bonds. The van der Waals surface area contributed by atoms with Gasteiger partial charge in [-0.15, -0.1) is 0 Å². The van der Waals surface area contributed by atoms with Crippen LogP contribution in [-0.2, 0) is 9.59 Å². The highest BCUT2D eigenvalue weighted by molar-refractivity contribution is 6.04. The third-order valence-electron chi connectivity index (χ3n) is 3.41. The van der Waals surface area contributed by atoms with E-state index in [0.29, 0.717) is 25.4 Å². The zero-order valence-corrected chi connectivity index (χ0v) is 10.1. The van der Waals surface area contributed by atoms with Gasteiger partial charge in [0.05, 0.1) is 6.54 Å². The third kappa shape index (κ3) is 2.61. The predicted octanol–water partition coefficient (Wildman–Crippen LogP) is -1.23. The summed E-state index contributed by atoms with van der Waals surface area (Å²) in [6.45, 7) is 1.14. The number of hydrogen-bond donors (Lipinski definition) is 2. The lowest BCUT2D eigenvalue weighted by Gasteiger charge is -2.19. The number of nitrogens with one attached hydrogen (secondary N) is 1. The molecule has 100 valence electrons. The summed E-state index contributed by atoms with van der Waals surface area (Å²) in [5.74, 6) is -0.248. The van der Waals surface area contributed by atoms with Gasteiger partial charge >= 0.3 is 6.03 Å². The maximum Gasteiger partial charge on any atom is 0.325 e. The molecule has 2 aliphatic rings. The molecule has 0 aromatic heterocycles. The third-order valence-corrected chi connectivity index (χ3v) is 3.41. The fourth-order valence-corrected chi connectivity index (χ4v) is 2.33. The molecular formula is C11H17N3O4. The van der Waals surface area contributed by atoms with Crippen LogP contribution in [0.2, 0.25) is 0 Å². The highest BCUT2D eigenvalue weighted by atomic mass is 16.3. The number of hydrogen-bond acceptors (Lipinski definition) is 4. The normalized spacial score (nSPS) is 23.7. The Labute approximate surface area is 105 Å². The number of likely N-dealkylation sites (tertiary alicyclic amines) is 1. The van der Waals surface area contributed by atoms with E-state index in [0.717, 1.165) is 11.3 Å². The first-order valence-corrected chi connectivity index (χ1v) is 6.08. The minimum absolute atomic E-state index is 0.0285. The number of carbonyl (C=O) groups is 3. The van der Waals surface area contributed by atoms with Gasteiger partial charge in [-0.05, 0) is 18.8 Å². The molecule has 0 aliphatic carbocycles. The molecule has 2 fully saturated rings. The van der Waals surface area contributed by atoms with Crippen molar-refractivity contribution in [3.8, 4) is 0 Å². The van der Waals surface area contributed by atoms with Crippen molar-refractivity contribution < 1.29 is 19.5 Å². The molecule has 2 N–H and O–H groups in total. The van der Waals surface area contributed by atoms with E-state index in [2.05, 4.69) is 5.32 Å². The Morgan fingerprint density at radius 3 is 2.83 bits per heavy atom. The minimum Gasteiger partial charge on any atom is -0.396 e. The Bertz CT molecular complexity index is 355. The number of aliphatic hydroxyl groups excluding tert-OH is 1. The Kier molecular flexibility index (Phi) is 3.81. The first-order chi connectivity index (χ1) is 8.61. The second kappa shape index (κ2) is 5.34. The number of imide groups is 1. The summed E-state index contributed by atoms with van der Waals surface area (Å²) in [4.78, 5) is 37.2. The van der Waals surface area contributed by atoms with E-state index in [1.165, 1.54) is 0 Å². The van der Waals surface area contributed by atoms with Gasteiger partial charge < -0.3 is 15.3 Å². The van der Waals surface area contributed by atoms with Crippen molar-refractivity contribution >= 4 is 17.8 Å². The van der Waals surface area contributed by atoms with Crippen molar-refractivity contribution in [2.24, 2.45) is 5.92 Å². The zero-order valence-electron chi connectivity index (χ0n) is 10.1. The molecule has 0 spiro atoms. The van der Waals surface area contributed by atoms with Gasteiger partial charge in [0.25, 0.3) is 5.91 Å². The van der Waals surface area contributed by atoms with E-state index in [-0.39, 0.29) is 31.5 Å². The molecule has 1 atom stereocenters. The van der Waals surface area contributed by atoms with E-state index < -0.39 is 6.03 Å². The molecule has 2 rings (SSSR count). The van der Waals surface area contributed by atoms with Gasteiger partial charge in [-0.1, -0.05) is 0 Å². The summed E-state index contributed by atoms with van der Waals surface area (Å²) in [5, 5.41) is 11.2. The Morgan fingerprint density at radius 1 is 1.44 bits per heavy atom. The van der Waals surface area contributed by atoms with Crippen LogP contribution in [-0.4, -0.2) is 65.5 Å². The fraction of sp³-hybridized carbons (Fsp3) is 0.727. The Balaban J connectivity index is 1.85. The van der Waals surface area contributed by atoms with Gasteiger partial charge in [0, 0.05) is 19.7 Å². The smallest absolute Gasteiger partial charge is 0.325 e. The summed E-state index contributed by atoms with van der Waals surface area (Å²) in [6, 6.07) is -0.501. The van der Waals surface area contributed by atoms with Crippen LogP contribution < -0.4 is 5.32 Å². The average Bonchev–Trinajstić information content (AvgIpc) is 2.91. The monoisotopic (exact) mass is 255 g/mol. The van der Waals surface area contributed by atoms with Crippen molar-refractivity contribution in [1.29, 1.82) is 0 Å². The van der Waals surface area contributed by atoms with Crippen LogP contribution in [0, 0.1) is 5.92 Å². The molecule has 0 aromatic rings. The van der Waals surface area contributed by atoms with Crippen LogP contribution in [0.1, 0.15) is 12.8 Å². The number of rotatable bonds is 4. The predicted molar refractivity (Wildman–Crippen MR) is 61.5 cm³/mol. The maximum atomic E-state index is 11.9. The van der Waals surface area contributed by atoms with Crippen molar-refractivity contribution in [1.82, 2.24) is 15.1 Å². The molecule has 7 nitrogen and oxygen atoms in total. The fourth-order valence-electron chi connectivity index (χ4n) is 2.33. The van der Waals surface area contributed by atoms with Crippen LogP contribution in [0.25, 0.3) is 0 Å². The van der Waals surface area contributed by atoms with Crippen LogP contribution in [0.3, 0.4) is 0 Å². The lowest BCUT2D eigenvalue weighted by molar-refractivity contribution is -0.135. The summed E-state index contributed by atoms with van der Waals surface area (Å²) in [6.07, 6.45) is 1.55. The van der Waals surface area contributed by atoms with Gasteiger partial charge in [0.2, 0.25) is 5.91 Å². The maximum absolute atomic E-state index is 11.9. The lowest BCUT2D eigenvalue weighted by Crippen LogP contribution is -2.42. The number of aliphatic hydroxyl groups is 1. The summed E-state index contributed by atoms with van der Waals surface area (Å²) in [7, 11) is 0. The molecule has 2 saturated heterocycles. The van der Waals surface area contributed by atoms with E-state index in [1.54, 1.807) is 4.90 Å². The minimum atomic E-state index is -0.501.